The lowest BCUT2D eigenvalue weighted by molar-refractivity contribution is 0.0502. The molecule has 0 radical (unpaired) electrons. The highest BCUT2D eigenvalue weighted by atomic mass is 16.5. The van der Waals surface area contributed by atoms with Gasteiger partial charge >= 0.3 is 5.97 Å². The zero-order valence-electron chi connectivity index (χ0n) is 13.8. The molecule has 1 rings (SSSR count). The Morgan fingerprint density at radius 2 is 1.77 bits per heavy atom. The maximum absolute atomic E-state index is 11.7. The van der Waals surface area contributed by atoms with Gasteiger partial charge in [-0.3, -0.25) is 4.99 Å². The second-order valence-corrected chi connectivity index (χ2v) is 5.50. The van der Waals surface area contributed by atoms with Gasteiger partial charge in [0, 0.05) is 6.54 Å². The SMILES string of the molecule is CCCCCCCCN=CCCCOC(=O)c1ccccc1. The summed E-state index contributed by atoms with van der Waals surface area (Å²) in [7, 11) is 0. The molecule has 0 aliphatic rings. The maximum Gasteiger partial charge on any atom is 0.338 e. The summed E-state index contributed by atoms with van der Waals surface area (Å²) in [5.41, 5.74) is 0.610. The Hall–Kier alpha value is -1.64. The van der Waals surface area contributed by atoms with Crippen LogP contribution in [0.4, 0.5) is 0 Å². The fraction of sp³-hybridized carbons (Fsp3) is 0.579. The molecule has 0 saturated carbocycles. The average Bonchev–Trinajstić information content (AvgIpc) is 2.56. The van der Waals surface area contributed by atoms with Gasteiger partial charge in [0.15, 0.2) is 0 Å². The van der Waals surface area contributed by atoms with Crippen LogP contribution in [0.1, 0.15) is 68.6 Å². The van der Waals surface area contributed by atoms with E-state index < -0.39 is 0 Å². The summed E-state index contributed by atoms with van der Waals surface area (Å²) in [6, 6.07) is 9.10. The van der Waals surface area contributed by atoms with Gasteiger partial charge in [-0.2, -0.15) is 0 Å². The van der Waals surface area contributed by atoms with Crippen LogP contribution < -0.4 is 0 Å². The molecule has 1 aromatic carbocycles. The van der Waals surface area contributed by atoms with Crippen LogP contribution >= 0.6 is 0 Å². The van der Waals surface area contributed by atoms with E-state index in [2.05, 4.69) is 11.9 Å². The summed E-state index contributed by atoms with van der Waals surface area (Å²) in [4.78, 5) is 16.1. The molecule has 0 unspecified atom stereocenters. The number of hydrogen-bond acceptors (Lipinski definition) is 3. The van der Waals surface area contributed by atoms with Crippen molar-refractivity contribution in [3.05, 3.63) is 35.9 Å². The fourth-order valence-electron chi connectivity index (χ4n) is 2.16. The molecule has 0 bridgehead atoms. The lowest BCUT2D eigenvalue weighted by Crippen LogP contribution is -2.06. The van der Waals surface area contributed by atoms with Crippen LogP contribution in [0.2, 0.25) is 0 Å². The van der Waals surface area contributed by atoms with Gasteiger partial charge in [-0.15, -0.1) is 0 Å². The minimum Gasteiger partial charge on any atom is -0.462 e. The van der Waals surface area contributed by atoms with Gasteiger partial charge < -0.3 is 4.74 Å². The molecule has 3 nitrogen and oxygen atoms in total. The number of unbranched alkanes of at least 4 members (excludes halogenated alkanes) is 6. The number of carbonyl (C=O) groups is 1. The normalized spacial score (nSPS) is 11.0. The fourth-order valence-corrected chi connectivity index (χ4v) is 2.16. The van der Waals surface area contributed by atoms with E-state index in [-0.39, 0.29) is 5.97 Å². The summed E-state index contributed by atoms with van der Waals surface area (Å²) in [5, 5.41) is 0. The lowest BCUT2D eigenvalue weighted by atomic mass is 10.1. The standard InChI is InChI=1S/C19H29NO2/c1-2-3-4-5-6-10-15-20-16-11-12-17-22-19(21)18-13-8-7-9-14-18/h7-9,13-14,16H,2-6,10-12,15,17H2,1H3. The smallest absolute Gasteiger partial charge is 0.338 e. The van der Waals surface area contributed by atoms with Gasteiger partial charge in [0.1, 0.15) is 0 Å². The lowest BCUT2D eigenvalue weighted by Gasteiger charge is -2.03. The highest BCUT2D eigenvalue weighted by Crippen LogP contribution is 2.05. The summed E-state index contributed by atoms with van der Waals surface area (Å²) >= 11 is 0. The first-order valence-corrected chi connectivity index (χ1v) is 8.55. The monoisotopic (exact) mass is 303 g/mol. The van der Waals surface area contributed by atoms with Crippen LogP contribution in [0, 0.1) is 0 Å². The Labute approximate surface area is 134 Å². The summed E-state index contributed by atoms with van der Waals surface area (Å²) in [5.74, 6) is -0.246. The molecule has 0 heterocycles. The molecular formula is C19H29NO2. The Morgan fingerprint density at radius 3 is 2.55 bits per heavy atom. The quantitative estimate of drug-likeness (QED) is 0.308. The molecule has 0 atom stereocenters. The molecule has 1 aromatic rings. The van der Waals surface area contributed by atoms with Crippen LogP contribution in [0.25, 0.3) is 0 Å². The molecule has 0 aliphatic carbocycles. The Kier molecular flexibility index (Phi) is 10.9. The molecule has 0 aromatic heterocycles. The van der Waals surface area contributed by atoms with Crippen molar-refractivity contribution in [2.45, 2.75) is 58.3 Å². The molecule has 0 amide bonds. The molecule has 22 heavy (non-hydrogen) atoms. The second kappa shape index (κ2) is 13.1. The van der Waals surface area contributed by atoms with Crippen LogP contribution in [0.5, 0.6) is 0 Å². The van der Waals surface area contributed by atoms with E-state index in [0.29, 0.717) is 12.2 Å². The van der Waals surface area contributed by atoms with Crippen molar-refractivity contribution in [1.82, 2.24) is 0 Å². The number of carbonyl (C=O) groups excluding carboxylic acids is 1. The van der Waals surface area contributed by atoms with Gasteiger partial charge in [-0.25, -0.2) is 4.79 Å². The van der Waals surface area contributed by atoms with Crippen molar-refractivity contribution in [1.29, 1.82) is 0 Å². The molecule has 0 fully saturated rings. The summed E-state index contributed by atoms with van der Waals surface area (Å²) in [6.07, 6.45) is 11.5. The molecule has 0 aliphatic heterocycles. The zero-order chi connectivity index (χ0) is 15.9. The van der Waals surface area contributed by atoms with Crippen molar-refractivity contribution in [3.63, 3.8) is 0 Å². The number of hydrogen-bond donors (Lipinski definition) is 0. The first-order chi connectivity index (χ1) is 10.8. The van der Waals surface area contributed by atoms with Crippen molar-refractivity contribution >= 4 is 12.2 Å². The largest absolute Gasteiger partial charge is 0.462 e. The molecule has 0 spiro atoms. The van der Waals surface area contributed by atoms with Crippen LogP contribution in [-0.4, -0.2) is 25.3 Å². The molecule has 0 N–H and O–H groups in total. The van der Waals surface area contributed by atoms with Crippen LogP contribution in [0.15, 0.2) is 35.3 Å². The Morgan fingerprint density at radius 1 is 1.05 bits per heavy atom. The molecule has 0 saturated heterocycles. The van der Waals surface area contributed by atoms with Gasteiger partial charge in [0.25, 0.3) is 0 Å². The molecule has 3 heteroatoms. The number of rotatable bonds is 12. The van der Waals surface area contributed by atoms with Gasteiger partial charge in [-0.1, -0.05) is 57.2 Å². The number of esters is 1. The zero-order valence-corrected chi connectivity index (χ0v) is 13.8. The number of nitrogens with zero attached hydrogens (tertiary/aromatic N) is 1. The first kappa shape index (κ1) is 18.4. The van der Waals surface area contributed by atoms with Gasteiger partial charge in [0.05, 0.1) is 12.2 Å². The van der Waals surface area contributed by atoms with Crippen molar-refractivity contribution in [2.24, 2.45) is 4.99 Å². The van der Waals surface area contributed by atoms with E-state index in [1.165, 1.54) is 38.5 Å². The minimum atomic E-state index is -0.246. The van der Waals surface area contributed by atoms with Crippen molar-refractivity contribution in [3.8, 4) is 0 Å². The third kappa shape index (κ3) is 9.32. The van der Waals surface area contributed by atoms with E-state index in [9.17, 15) is 4.79 Å². The predicted molar refractivity (Wildman–Crippen MR) is 92.7 cm³/mol. The number of ether oxygens (including phenoxy) is 1. The molecular weight excluding hydrogens is 274 g/mol. The second-order valence-electron chi connectivity index (χ2n) is 5.50. The van der Waals surface area contributed by atoms with E-state index in [1.807, 2.05) is 24.4 Å². The summed E-state index contributed by atoms with van der Waals surface area (Å²) < 4.78 is 5.21. The highest BCUT2D eigenvalue weighted by Gasteiger charge is 2.04. The number of benzene rings is 1. The Bertz CT molecular complexity index is 415. The van der Waals surface area contributed by atoms with E-state index in [1.54, 1.807) is 12.1 Å². The van der Waals surface area contributed by atoms with Crippen molar-refractivity contribution < 1.29 is 9.53 Å². The summed E-state index contributed by atoms with van der Waals surface area (Å²) in [6.45, 7) is 3.62. The van der Waals surface area contributed by atoms with E-state index in [0.717, 1.165) is 19.4 Å². The van der Waals surface area contributed by atoms with Crippen LogP contribution in [-0.2, 0) is 4.74 Å². The van der Waals surface area contributed by atoms with E-state index >= 15 is 0 Å². The van der Waals surface area contributed by atoms with E-state index in [4.69, 9.17) is 4.74 Å². The average molecular weight is 303 g/mol. The maximum atomic E-state index is 11.7. The minimum absolute atomic E-state index is 0.246. The first-order valence-electron chi connectivity index (χ1n) is 8.55. The highest BCUT2D eigenvalue weighted by molar-refractivity contribution is 5.89. The third-order valence-corrected chi connectivity index (χ3v) is 3.49. The van der Waals surface area contributed by atoms with Crippen molar-refractivity contribution in [2.75, 3.05) is 13.2 Å². The predicted octanol–water partition coefficient (Wildman–Crippen LogP) is 5.05. The number of aliphatic imine (C=N–C) groups is 1. The topological polar surface area (TPSA) is 38.7 Å². The molecule has 122 valence electrons. The third-order valence-electron chi connectivity index (χ3n) is 3.49. The van der Waals surface area contributed by atoms with Gasteiger partial charge in [0.2, 0.25) is 0 Å². The Balaban J connectivity index is 1.93. The van der Waals surface area contributed by atoms with Gasteiger partial charge in [-0.05, 0) is 37.6 Å². The van der Waals surface area contributed by atoms with Crippen LogP contribution in [0.3, 0.4) is 0 Å².